The molecule has 1 saturated heterocycles. The van der Waals surface area contributed by atoms with Gasteiger partial charge in [-0.1, -0.05) is 30.3 Å². The molecule has 0 spiro atoms. The van der Waals surface area contributed by atoms with Crippen LogP contribution >= 0.6 is 0 Å². The van der Waals surface area contributed by atoms with Gasteiger partial charge in [0.15, 0.2) is 0 Å². The van der Waals surface area contributed by atoms with Crippen molar-refractivity contribution in [1.29, 1.82) is 0 Å². The number of nitrogens with one attached hydrogen (secondary N) is 2. The molecule has 1 fully saturated rings. The number of anilines is 2. The molecule has 5 heteroatoms. The lowest BCUT2D eigenvalue weighted by atomic mass is 10.1. The predicted octanol–water partition coefficient (Wildman–Crippen LogP) is 2.83. The largest absolute Gasteiger partial charge is 0.326 e. The Kier molecular flexibility index (Phi) is 6.02. The molecule has 1 atom stereocenters. The lowest BCUT2D eigenvalue weighted by molar-refractivity contribution is -0.119. The minimum absolute atomic E-state index is 0.0419. The molecule has 136 valence electrons. The summed E-state index contributed by atoms with van der Waals surface area (Å²) in [4.78, 5) is 26.6. The quantitative estimate of drug-likeness (QED) is 0.841. The second kappa shape index (κ2) is 8.63. The van der Waals surface area contributed by atoms with Crippen molar-refractivity contribution >= 4 is 23.2 Å². The Morgan fingerprint density at radius 1 is 1.12 bits per heavy atom. The molecule has 0 aromatic heterocycles. The third-order valence-corrected chi connectivity index (χ3v) is 4.69. The van der Waals surface area contributed by atoms with Crippen LogP contribution in [0.4, 0.5) is 11.4 Å². The summed E-state index contributed by atoms with van der Waals surface area (Å²) in [6.07, 6.45) is 1.22. The van der Waals surface area contributed by atoms with E-state index in [1.54, 1.807) is 4.90 Å². The highest BCUT2D eigenvalue weighted by Gasteiger charge is 2.22. The van der Waals surface area contributed by atoms with Crippen LogP contribution in [0.2, 0.25) is 0 Å². The average molecular weight is 351 g/mol. The van der Waals surface area contributed by atoms with Crippen LogP contribution in [0.3, 0.4) is 0 Å². The molecule has 26 heavy (non-hydrogen) atoms. The second-order valence-electron chi connectivity index (χ2n) is 6.53. The fraction of sp³-hybridized carbons (Fsp3) is 0.333. The molecule has 1 aliphatic heterocycles. The number of carbonyl (C=O) groups is 2. The number of benzene rings is 2. The van der Waals surface area contributed by atoms with Gasteiger partial charge in [-0.3, -0.25) is 9.59 Å². The fourth-order valence-corrected chi connectivity index (χ4v) is 3.21. The van der Waals surface area contributed by atoms with Crippen LogP contribution in [0.15, 0.2) is 54.6 Å². The maximum absolute atomic E-state index is 12.6. The first-order valence-corrected chi connectivity index (χ1v) is 9.13. The molecule has 1 aliphatic rings. The molecule has 2 aromatic carbocycles. The van der Waals surface area contributed by atoms with Crippen LogP contribution in [-0.2, 0) is 16.0 Å². The fourth-order valence-electron chi connectivity index (χ4n) is 3.21. The van der Waals surface area contributed by atoms with Crippen LogP contribution in [0.1, 0.15) is 18.9 Å². The van der Waals surface area contributed by atoms with E-state index in [1.807, 2.05) is 61.5 Å². The van der Waals surface area contributed by atoms with Gasteiger partial charge in [0, 0.05) is 24.5 Å². The van der Waals surface area contributed by atoms with E-state index < -0.39 is 0 Å². The lowest BCUT2D eigenvalue weighted by Crippen LogP contribution is -2.31. The number of carbonyl (C=O) groups excluding carboxylic acids is 2. The van der Waals surface area contributed by atoms with E-state index in [9.17, 15) is 9.59 Å². The molecule has 2 aromatic rings. The van der Waals surface area contributed by atoms with E-state index in [1.165, 1.54) is 0 Å². The highest BCUT2D eigenvalue weighted by Crippen LogP contribution is 2.17. The molecular formula is C21H25N3O2. The smallest absolute Gasteiger partial charge is 0.231 e. The maximum Gasteiger partial charge on any atom is 0.231 e. The zero-order valence-corrected chi connectivity index (χ0v) is 15.1. The van der Waals surface area contributed by atoms with Crippen molar-refractivity contribution in [2.45, 2.75) is 19.8 Å². The summed E-state index contributed by atoms with van der Waals surface area (Å²) in [5.41, 5.74) is 2.62. The highest BCUT2D eigenvalue weighted by molar-refractivity contribution is 5.95. The van der Waals surface area contributed by atoms with E-state index in [0.29, 0.717) is 13.0 Å². The van der Waals surface area contributed by atoms with Crippen LogP contribution in [0.25, 0.3) is 0 Å². The van der Waals surface area contributed by atoms with Gasteiger partial charge < -0.3 is 15.5 Å². The highest BCUT2D eigenvalue weighted by atomic mass is 16.2. The van der Waals surface area contributed by atoms with Gasteiger partial charge in [0.05, 0.1) is 12.3 Å². The topological polar surface area (TPSA) is 61.4 Å². The van der Waals surface area contributed by atoms with Crippen molar-refractivity contribution in [3.63, 3.8) is 0 Å². The standard InChI is InChI=1S/C21H25N3O2/c1-2-24(19-6-4-3-5-7-19)20(25)14-16-8-10-18(11-9-16)23-21(26)17-12-13-22-15-17/h3-11,17,22H,2,12-15H2,1H3,(H,23,26). The molecule has 1 unspecified atom stereocenters. The summed E-state index contributed by atoms with van der Waals surface area (Å²) in [6, 6.07) is 17.2. The van der Waals surface area contributed by atoms with Gasteiger partial charge in [0.1, 0.15) is 0 Å². The third-order valence-electron chi connectivity index (χ3n) is 4.69. The molecule has 2 N–H and O–H groups in total. The van der Waals surface area contributed by atoms with Crippen molar-refractivity contribution in [3.8, 4) is 0 Å². The Morgan fingerprint density at radius 3 is 2.46 bits per heavy atom. The first kappa shape index (κ1) is 18.1. The summed E-state index contributed by atoms with van der Waals surface area (Å²) >= 11 is 0. The Bertz CT molecular complexity index is 738. The molecule has 2 amide bonds. The third kappa shape index (κ3) is 4.49. The van der Waals surface area contributed by atoms with Gasteiger partial charge in [-0.05, 0) is 49.7 Å². The van der Waals surface area contributed by atoms with E-state index in [2.05, 4.69) is 10.6 Å². The molecule has 0 saturated carbocycles. The van der Waals surface area contributed by atoms with Gasteiger partial charge in [-0.15, -0.1) is 0 Å². The first-order valence-electron chi connectivity index (χ1n) is 9.13. The SMILES string of the molecule is CCN(C(=O)Cc1ccc(NC(=O)C2CCNC2)cc1)c1ccccc1. The van der Waals surface area contributed by atoms with Crippen molar-refractivity contribution in [2.75, 3.05) is 29.9 Å². The predicted molar refractivity (Wildman–Crippen MR) is 104 cm³/mol. The van der Waals surface area contributed by atoms with Gasteiger partial charge >= 0.3 is 0 Å². The Balaban J connectivity index is 1.59. The molecule has 3 rings (SSSR count). The van der Waals surface area contributed by atoms with Crippen LogP contribution in [-0.4, -0.2) is 31.4 Å². The minimum Gasteiger partial charge on any atom is -0.326 e. The van der Waals surface area contributed by atoms with E-state index in [-0.39, 0.29) is 17.7 Å². The number of hydrogen-bond donors (Lipinski definition) is 2. The van der Waals surface area contributed by atoms with Gasteiger partial charge in [-0.25, -0.2) is 0 Å². The van der Waals surface area contributed by atoms with Crippen LogP contribution in [0.5, 0.6) is 0 Å². The van der Waals surface area contributed by atoms with E-state index in [0.717, 1.165) is 36.4 Å². The van der Waals surface area contributed by atoms with Crippen molar-refractivity contribution in [3.05, 3.63) is 60.2 Å². The summed E-state index contributed by atoms with van der Waals surface area (Å²) in [5, 5.41) is 6.15. The number of rotatable bonds is 6. The number of hydrogen-bond acceptors (Lipinski definition) is 3. The van der Waals surface area contributed by atoms with Crippen LogP contribution < -0.4 is 15.5 Å². The number of para-hydroxylation sites is 1. The number of nitrogens with zero attached hydrogens (tertiary/aromatic N) is 1. The molecule has 0 aliphatic carbocycles. The van der Waals surface area contributed by atoms with Crippen molar-refractivity contribution in [1.82, 2.24) is 5.32 Å². The maximum atomic E-state index is 12.6. The Hall–Kier alpha value is -2.66. The summed E-state index contributed by atoms with van der Waals surface area (Å²) < 4.78 is 0. The van der Waals surface area contributed by atoms with Crippen molar-refractivity contribution < 1.29 is 9.59 Å². The summed E-state index contributed by atoms with van der Waals surface area (Å²) in [7, 11) is 0. The average Bonchev–Trinajstić information content (AvgIpc) is 3.20. The molecule has 0 bridgehead atoms. The zero-order valence-electron chi connectivity index (χ0n) is 15.1. The molecule has 1 heterocycles. The van der Waals surface area contributed by atoms with Gasteiger partial charge in [-0.2, -0.15) is 0 Å². The first-order chi connectivity index (χ1) is 12.7. The number of likely N-dealkylation sites (N-methyl/N-ethyl adjacent to an activating group) is 1. The second-order valence-corrected chi connectivity index (χ2v) is 6.53. The zero-order chi connectivity index (χ0) is 18.4. The minimum atomic E-state index is 0.0419. The summed E-state index contributed by atoms with van der Waals surface area (Å²) in [5.74, 6) is 0.160. The Morgan fingerprint density at radius 2 is 1.85 bits per heavy atom. The van der Waals surface area contributed by atoms with Crippen molar-refractivity contribution in [2.24, 2.45) is 5.92 Å². The normalized spacial score (nSPS) is 16.3. The summed E-state index contributed by atoms with van der Waals surface area (Å²) in [6.45, 7) is 4.24. The van der Waals surface area contributed by atoms with Gasteiger partial charge in [0.2, 0.25) is 11.8 Å². The molecular weight excluding hydrogens is 326 g/mol. The Labute approximate surface area is 154 Å². The lowest BCUT2D eigenvalue weighted by Gasteiger charge is -2.21. The van der Waals surface area contributed by atoms with Gasteiger partial charge in [0.25, 0.3) is 0 Å². The molecule has 5 nitrogen and oxygen atoms in total. The van der Waals surface area contributed by atoms with E-state index in [4.69, 9.17) is 0 Å². The van der Waals surface area contributed by atoms with E-state index >= 15 is 0 Å². The molecule has 0 radical (unpaired) electrons. The monoisotopic (exact) mass is 351 g/mol. The number of amides is 2. The van der Waals surface area contributed by atoms with Crippen LogP contribution in [0, 0.1) is 5.92 Å².